The molecule has 0 fully saturated rings. The Morgan fingerprint density at radius 3 is 2.03 bits per heavy atom. The van der Waals surface area contributed by atoms with Gasteiger partial charge in [0.25, 0.3) is 0 Å². The van der Waals surface area contributed by atoms with E-state index < -0.39 is 0 Å². The summed E-state index contributed by atoms with van der Waals surface area (Å²) in [4.78, 5) is 4.50. The molecule has 0 aliphatic carbocycles. The van der Waals surface area contributed by atoms with Crippen molar-refractivity contribution < 1.29 is 14.2 Å². The number of nitrogens with zero attached hydrogens (tertiary/aromatic N) is 2. The summed E-state index contributed by atoms with van der Waals surface area (Å²) in [6.45, 7) is 0.890. The lowest BCUT2D eigenvalue weighted by Crippen LogP contribution is -2.05. The molecule has 0 saturated heterocycles. The normalized spacial score (nSPS) is 11.0. The zero-order chi connectivity index (χ0) is 23.0. The first-order chi connectivity index (χ1) is 16.2. The molecule has 0 N–H and O–H groups in total. The Labute approximate surface area is 195 Å². The average molecular weight is 445 g/mol. The number of benzene rings is 3. The Kier molecular flexibility index (Phi) is 7.51. The number of ether oxygens (including phenoxy) is 3. The standard InChI is InChI=1S/C28H32N2O3/c1-31-26-22(14-9-13-21-11-5-4-6-12-21)19-23(27(32-2)28(26)33-3)15-10-18-30-20-29-24-16-7-8-17-25(24)30/h4-8,11-12,16-17,19-20H,9-10,13-15,18H2,1-3H3. The number of fused-ring (bicyclic) bond motifs is 1. The lowest BCUT2D eigenvalue weighted by atomic mass is 9.98. The van der Waals surface area contributed by atoms with Crippen LogP contribution in [0, 0.1) is 0 Å². The Bertz CT molecular complexity index is 1180. The Morgan fingerprint density at radius 1 is 0.697 bits per heavy atom. The molecule has 1 aromatic heterocycles. The van der Waals surface area contributed by atoms with Crippen LogP contribution in [0.4, 0.5) is 0 Å². The van der Waals surface area contributed by atoms with Gasteiger partial charge in [-0.15, -0.1) is 0 Å². The van der Waals surface area contributed by atoms with Crippen LogP contribution in [0.25, 0.3) is 11.0 Å². The summed E-state index contributed by atoms with van der Waals surface area (Å²) in [6.07, 6.45) is 6.75. The highest BCUT2D eigenvalue weighted by Crippen LogP contribution is 2.43. The highest BCUT2D eigenvalue weighted by atomic mass is 16.5. The molecule has 0 saturated carbocycles. The summed E-state index contributed by atoms with van der Waals surface area (Å²) in [7, 11) is 5.07. The molecule has 5 nitrogen and oxygen atoms in total. The molecule has 0 spiro atoms. The third-order valence-electron chi connectivity index (χ3n) is 6.08. The number of para-hydroxylation sites is 2. The summed E-state index contributed by atoms with van der Waals surface area (Å²) in [5, 5.41) is 0. The van der Waals surface area contributed by atoms with Gasteiger partial charge in [0.1, 0.15) is 0 Å². The van der Waals surface area contributed by atoms with Gasteiger partial charge in [-0.3, -0.25) is 0 Å². The molecule has 0 radical (unpaired) electrons. The molecule has 1 heterocycles. The van der Waals surface area contributed by atoms with E-state index in [1.165, 1.54) is 11.1 Å². The third kappa shape index (κ3) is 5.14. The molecule has 4 aromatic rings. The van der Waals surface area contributed by atoms with Crippen LogP contribution in [0.1, 0.15) is 29.5 Å². The van der Waals surface area contributed by atoms with Gasteiger partial charge < -0.3 is 18.8 Å². The fraction of sp³-hybridized carbons (Fsp3) is 0.321. The molecular weight excluding hydrogens is 412 g/mol. The molecule has 0 unspecified atom stereocenters. The number of aromatic nitrogens is 2. The van der Waals surface area contributed by atoms with E-state index in [2.05, 4.69) is 58.1 Å². The van der Waals surface area contributed by atoms with Crippen molar-refractivity contribution in [1.29, 1.82) is 0 Å². The van der Waals surface area contributed by atoms with Crippen LogP contribution in [0.5, 0.6) is 17.2 Å². The van der Waals surface area contributed by atoms with Crippen LogP contribution in [-0.4, -0.2) is 30.9 Å². The third-order valence-corrected chi connectivity index (χ3v) is 6.08. The second-order valence-electron chi connectivity index (χ2n) is 8.16. The molecular formula is C28H32N2O3. The zero-order valence-corrected chi connectivity index (χ0v) is 19.7. The van der Waals surface area contributed by atoms with Gasteiger partial charge in [-0.1, -0.05) is 42.5 Å². The number of rotatable bonds is 11. The first-order valence-electron chi connectivity index (χ1n) is 11.5. The molecule has 4 rings (SSSR count). The van der Waals surface area contributed by atoms with Gasteiger partial charge >= 0.3 is 0 Å². The van der Waals surface area contributed by atoms with E-state index in [4.69, 9.17) is 14.2 Å². The highest BCUT2D eigenvalue weighted by Gasteiger charge is 2.20. The van der Waals surface area contributed by atoms with Gasteiger partial charge in [-0.25, -0.2) is 4.98 Å². The van der Waals surface area contributed by atoms with Crippen molar-refractivity contribution >= 4 is 11.0 Å². The van der Waals surface area contributed by atoms with Crippen molar-refractivity contribution in [2.75, 3.05) is 21.3 Å². The van der Waals surface area contributed by atoms with Gasteiger partial charge in [0.2, 0.25) is 5.75 Å². The molecule has 0 aliphatic rings. The minimum Gasteiger partial charge on any atom is -0.492 e. The van der Waals surface area contributed by atoms with E-state index in [-0.39, 0.29) is 0 Å². The molecule has 172 valence electrons. The molecule has 0 atom stereocenters. The van der Waals surface area contributed by atoms with Crippen LogP contribution in [0.15, 0.2) is 67.0 Å². The Morgan fingerprint density at radius 2 is 1.33 bits per heavy atom. The number of hydrogen-bond acceptors (Lipinski definition) is 4. The monoisotopic (exact) mass is 444 g/mol. The minimum atomic E-state index is 0.681. The maximum Gasteiger partial charge on any atom is 0.203 e. The predicted octanol–water partition coefficient (Wildman–Crippen LogP) is 5.87. The van der Waals surface area contributed by atoms with Gasteiger partial charge in [0.05, 0.1) is 38.7 Å². The number of imidazole rings is 1. The van der Waals surface area contributed by atoms with Crippen molar-refractivity contribution in [2.45, 2.75) is 38.6 Å². The number of methoxy groups -OCH3 is 3. The SMILES string of the molecule is COc1c(CCCc2ccccc2)cc(CCCn2cnc3ccccc32)c(OC)c1OC. The first kappa shape index (κ1) is 22.7. The maximum absolute atomic E-state index is 5.77. The lowest BCUT2D eigenvalue weighted by molar-refractivity contribution is 0.319. The van der Waals surface area contributed by atoms with Crippen molar-refractivity contribution in [2.24, 2.45) is 0 Å². The van der Waals surface area contributed by atoms with E-state index in [0.29, 0.717) is 5.75 Å². The molecule has 3 aromatic carbocycles. The van der Waals surface area contributed by atoms with Crippen molar-refractivity contribution in [3.8, 4) is 17.2 Å². The van der Waals surface area contributed by atoms with Crippen LogP contribution >= 0.6 is 0 Å². The molecule has 0 bridgehead atoms. The predicted molar refractivity (Wildman–Crippen MR) is 133 cm³/mol. The topological polar surface area (TPSA) is 45.5 Å². The van der Waals surface area contributed by atoms with Crippen molar-refractivity contribution in [3.05, 3.63) is 83.7 Å². The van der Waals surface area contributed by atoms with E-state index >= 15 is 0 Å². The fourth-order valence-electron chi connectivity index (χ4n) is 4.50. The minimum absolute atomic E-state index is 0.681. The van der Waals surface area contributed by atoms with Crippen LogP contribution in [0.3, 0.4) is 0 Å². The summed E-state index contributed by atoms with van der Waals surface area (Å²) < 4.78 is 19.5. The van der Waals surface area contributed by atoms with Gasteiger partial charge in [0, 0.05) is 6.54 Å². The number of aryl methyl sites for hydroxylation is 4. The van der Waals surface area contributed by atoms with E-state index in [1.807, 2.05) is 18.5 Å². The second-order valence-corrected chi connectivity index (χ2v) is 8.16. The largest absolute Gasteiger partial charge is 0.492 e. The highest BCUT2D eigenvalue weighted by molar-refractivity contribution is 5.74. The maximum atomic E-state index is 5.77. The van der Waals surface area contributed by atoms with Crippen molar-refractivity contribution in [1.82, 2.24) is 9.55 Å². The van der Waals surface area contributed by atoms with Gasteiger partial charge in [0.15, 0.2) is 11.5 Å². The van der Waals surface area contributed by atoms with E-state index in [0.717, 1.165) is 66.8 Å². The summed E-state index contributed by atoms with van der Waals surface area (Å²) in [6, 6.07) is 21.1. The molecule has 5 heteroatoms. The summed E-state index contributed by atoms with van der Waals surface area (Å²) >= 11 is 0. The quantitative estimate of drug-likeness (QED) is 0.290. The van der Waals surface area contributed by atoms with E-state index in [9.17, 15) is 0 Å². The summed E-state index contributed by atoms with van der Waals surface area (Å²) in [5.74, 6) is 2.21. The Balaban J connectivity index is 1.52. The molecule has 0 amide bonds. The number of hydrogen-bond donors (Lipinski definition) is 0. The van der Waals surface area contributed by atoms with Gasteiger partial charge in [-0.05, 0) is 67.0 Å². The smallest absolute Gasteiger partial charge is 0.203 e. The van der Waals surface area contributed by atoms with Gasteiger partial charge in [-0.2, -0.15) is 0 Å². The lowest BCUT2D eigenvalue weighted by Gasteiger charge is -2.19. The average Bonchev–Trinajstić information content (AvgIpc) is 3.27. The summed E-state index contributed by atoms with van der Waals surface area (Å²) in [5.41, 5.74) is 5.86. The Hall–Kier alpha value is -3.47. The van der Waals surface area contributed by atoms with E-state index in [1.54, 1.807) is 21.3 Å². The molecule has 0 aliphatic heterocycles. The second kappa shape index (κ2) is 10.9. The fourth-order valence-corrected chi connectivity index (χ4v) is 4.50. The van der Waals surface area contributed by atoms with Crippen LogP contribution in [-0.2, 0) is 25.8 Å². The van der Waals surface area contributed by atoms with Crippen molar-refractivity contribution in [3.63, 3.8) is 0 Å². The first-order valence-corrected chi connectivity index (χ1v) is 11.5. The van der Waals surface area contributed by atoms with Crippen LogP contribution < -0.4 is 14.2 Å². The van der Waals surface area contributed by atoms with Crippen LogP contribution in [0.2, 0.25) is 0 Å². The molecule has 33 heavy (non-hydrogen) atoms. The zero-order valence-electron chi connectivity index (χ0n) is 19.7.